The molecule has 2 aliphatic heterocycles. The number of rotatable bonds is 0. The van der Waals surface area contributed by atoms with Crippen LogP contribution in [0.4, 0.5) is 0 Å². The third-order valence-electron chi connectivity index (χ3n) is 2.73. The first-order valence-corrected chi connectivity index (χ1v) is 5.11. The van der Waals surface area contributed by atoms with E-state index in [-0.39, 0.29) is 6.04 Å². The number of hydrogen-bond donors (Lipinski definition) is 0. The second-order valence-electron chi connectivity index (χ2n) is 3.94. The molecule has 0 N–H and O–H groups in total. The Morgan fingerprint density at radius 2 is 1.93 bits per heavy atom. The van der Waals surface area contributed by atoms with Crippen LogP contribution in [-0.2, 0) is 13.0 Å². The Kier molecular flexibility index (Phi) is 1.87. The molecule has 0 aliphatic carbocycles. The van der Waals surface area contributed by atoms with Gasteiger partial charge in [-0.25, -0.2) is 0 Å². The Morgan fingerprint density at radius 3 is 2.73 bits per heavy atom. The number of ether oxygens (including phenoxy) is 2. The Morgan fingerprint density at radius 1 is 1.20 bits per heavy atom. The molecule has 1 aromatic rings. The molecule has 78 valence electrons. The van der Waals surface area contributed by atoms with Gasteiger partial charge < -0.3 is 9.47 Å². The highest BCUT2D eigenvalue weighted by Gasteiger charge is 2.19. The van der Waals surface area contributed by atoms with E-state index in [1.165, 1.54) is 11.1 Å². The predicted molar refractivity (Wildman–Crippen MR) is 54.3 cm³/mol. The molecule has 1 unspecified atom stereocenters. The SMILES string of the molecule is CC1Cc2cc3c(cc2CN=N1)OCO3. The first-order valence-electron chi connectivity index (χ1n) is 5.11. The molecule has 1 atom stereocenters. The molecule has 0 fully saturated rings. The van der Waals surface area contributed by atoms with Crippen molar-refractivity contribution >= 4 is 0 Å². The second-order valence-corrected chi connectivity index (χ2v) is 3.94. The number of benzene rings is 1. The van der Waals surface area contributed by atoms with Gasteiger partial charge in [-0.15, -0.1) is 0 Å². The maximum absolute atomic E-state index is 5.36. The molecule has 0 bridgehead atoms. The average molecular weight is 204 g/mol. The van der Waals surface area contributed by atoms with Gasteiger partial charge in [0.15, 0.2) is 11.5 Å². The Labute approximate surface area is 87.9 Å². The molecule has 0 radical (unpaired) electrons. The van der Waals surface area contributed by atoms with Gasteiger partial charge in [-0.2, -0.15) is 10.2 Å². The molecular weight excluding hydrogens is 192 g/mol. The van der Waals surface area contributed by atoms with Crippen molar-refractivity contribution in [3.05, 3.63) is 23.3 Å². The van der Waals surface area contributed by atoms with Crippen LogP contribution in [0.5, 0.6) is 11.5 Å². The van der Waals surface area contributed by atoms with Crippen molar-refractivity contribution in [1.29, 1.82) is 0 Å². The van der Waals surface area contributed by atoms with Gasteiger partial charge in [-0.1, -0.05) is 0 Å². The van der Waals surface area contributed by atoms with Crippen molar-refractivity contribution in [3.8, 4) is 11.5 Å². The Bertz CT molecular complexity index is 429. The van der Waals surface area contributed by atoms with E-state index >= 15 is 0 Å². The molecule has 1 aromatic carbocycles. The molecule has 0 spiro atoms. The van der Waals surface area contributed by atoms with Crippen LogP contribution in [0.15, 0.2) is 22.4 Å². The van der Waals surface area contributed by atoms with Crippen molar-refractivity contribution in [2.45, 2.75) is 25.9 Å². The summed E-state index contributed by atoms with van der Waals surface area (Å²) in [6.45, 7) is 3.05. The van der Waals surface area contributed by atoms with Crippen LogP contribution in [0.25, 0.3) is 0 Å². The van der Waals surface area contributed by atoms with Gasteiger partial charge in [0, 0.05) is 0 Å². The minimum atomic E-state index is 0.256. The summed E-state index contributed by atoms with van der Waals surface area (Å²) >= 11 is 0. The standard InChI is InChI=1S/C11H12N2O2/c1-7-2-8-3-10-11(15-6-14-10)4-9(8)5-12-13-7/h3-4,7H,2,5-6H2,1H3. The molecule has 0 saturated heterocycles. The average Bonchev–Trinajstić information content (AvgIpc) is 2.57. The highest BCUT2D eigenvalue weighted by Crippen LogP contribution is 2.36. The lowest BCUT2D eigenvalue weighted by Gasteiger charge is -2.07. The summed E-state index contributed by atoms with van der Waals surface area (Å²) < 4.78 is 10.7. The van der Waals surface area contributed by atoms with Crippen LogP contribution in [0.3, 0.4) is 0 Å². The van der Waals surface area contributed by atoms with Crippen molar-refractivity contribution in [2.24, 2.45) is 10.2 Å². The molecule has 2 heterocycles. The number of azo groups is 1. The molecule has 15 heavy (non-hydrogen) atoms. The zero-order chi connectivity index (χ0) is 10.3. The lowest BCUT2D eigenvalue weighted by molar-refractivity contribution is 0.174. The molecule has 4 heteroatoms. The fraction of sp³-hybridized carbons (Fsp3) is 0.455. The van der Waals surface area contributed by atoms with Crippen LogP contribution in [0, 0.1) is 0 Å². The number of hydrogen-bond acceptors (Lipinski definition) is 4. The van der Waals surface area contributed by atoms with E-state index in [1.807, 2.05) is 6.07 Å². The van der Waals surface area contributed by atoms with Crippen LogP contribution in [-0.4, -0.2) is 12.8 Å². The first-order chi connectivity index (χ1) is 7.33. The summed E-state index contributed by atoms with van der Waals surface area (Å²) in [5.74, 6) is 1.68. The Balaban J connectivity index is 2.06. The van der Waals surface area contributed by atoms with E-state index in [2.05, 4.69) is 23.2 Å². The molecule has 4 nitrogen and oxygen atoms in total. The maximum Gasteiger partial charge on any atom is 0.231 e. The van der Waals surface area contributed by atoms with Gasteiger partial charge in [0.05, 0.1) is 12.6 Å². The van der Waals surface area contributed by atoms with Gasteiger partial charge in [0.2, 0.25) is 6.79 Å². The van der Waals surface area contributed by atoms with Gasteiger partial charge in [-0.05, 0) is 36.6 Å². The van der Waals surface area contributed by atoms with Crippen molar-refractivity contribution in [2.75, 3.05) is 6.79 Å². The third kappa shape index (κ3) is 1.46. The van der Waals surface area contributed by atoms with Gasteiger partial charge in [0.25, 0.3) is 0 Å². The van der Waals surface area contributed by atoms with Crippen LogP contribution in [0.1, 0.15) is 18.1 Å². The molecule has 0 aromatic heterocycles. The summed E-state index contributed by atoms with van der Waals surface area (Å²) in [7, 11) is 0. The van der Waals surface area contributed by atoms with E-state index in [4.69, 9.17) is 9.47 Å². The number of fused-ring (bicyclic) bond motifs is 2. The summed E-state index contributed by atoms with van der Waals surface area (Å²) in [5, 5.41) is 8.33. The number of nitrogens with zero attached hydrogens (tertiary/aromatic N) is 2. The summed E-state index contributed by atoms with van der Waals surface area (Å²) in [4.78, 5) is 0. The van der Waals surface area contributed by atoms with Gasteiger partial charge in [0.1, 0.15) is 0 Å². The normalized spacial score (nSPS) is 22.3. The zero-order valence-corrected chi connectivity index (χ0v) is 8.56. The van der Waals surface area contributed by atoms with E-state index in [9.17, 15) is 0 Å². The van der Waals surface area contributed by atoms with E-state index in [0.29, 0.717) is 13.3 Å². The molecule has 2 aliphatic rings. The lowest BCUT2D eigenvalue weighted by atomic mass is 10.0. The monoisotopic (exact) mass is 204 g/mol. The van der Waals surface area contributed by atoms with Crippen LogP contribution in [0.2, 0.25) is 0 Å². The molecular formula is C11H12N2O2. The summed E-state index contributed by atoms with van der Waals surface area (Å²) in [5.41, 5.74) is 2.48. The van der Waals surface area contributed by atoms with Crippen LogP contribution >= 0.6 is 0 Å². The van der Waals surface area contributed by atoms with Crippen molar-refractivity contribution in [1.82, 2.24) is 0 Å². The molecule has 0 saturated carbocycles. The van der Waals surface area contributed by atoms with E-state index in [0.717, 1.165) is 17.9 Å². The maximum atomic E-state index is 5.36. The van der Waals surface area contributed by atoms with Gasteiger partial charge in [-0.3, -0.25) is 0 Å². The summed E-state index contributed by atoms with van der Waals surface area (Å²) in [6, 6.07) is 4.34. The van der Waals surface area contributed by atoms with Crippen LogP contribution < -0.4 is 9.47 Å². The minimum absolute atomic E-state index is 0.256. The lowest BCUT2D eigenvalue weighted by Crippen LogP contribution is -2.02. The highest BCUT2D eigenvalue weighted by molar-refractivity contribution is 5.49. The van der Waals surface area contributed by atoms with Crippen molar-refractivity contribution < 1.29 is 9.47 Å². The zero-order valence-electron chi connectivity index (χ0n) is 8.56. The Hall–Kier alpha value is -1.58. The summed E-state index contributed by atoms with van der Waals surface area (Å²) in [6.07, 6.45) is 0.926. The highest BCUT2D eigenvalue weighted by atomic mass is 16.7. The topological polar surface area (TPSA) is 43.2 Å². The fourth-order valence-corrected chi connectivity index (χ4v) is 1.98. The largest absolute Gasteiger partial charge is 0.454 e. The molecule has 3 rings (SSSR count). The molecule has 0 amide bonds. The second kappa shape index (κ2) is 3.22. The van der Waals surface area contributed by atoms with Crippen molar-refractivity contribution in [3.63, 3.8) is 0 Å². The third-order valence-corrected chi connectivity index (χ3v) is 2.73. The van der Waals surface area contributed by atoms with Gasteiger partial charge >= 0.3 is 0 Å². The fourth-order valence-electron chi connectivity index (χ4n) is 1.98. The van der Waals surface area contributed by atoms with E-state index < -0.39 is 0 Å². The first kappa shape index (κ1) is 8.71. The smallest absolute Gasteiger partial charge is 0.231 e. The minimum Gasteiger partial charge on any atom is -0.454 e. The quantitative estimate of drug-likeness (QED) is 0.650. The predicted octanol–water partition coefficient (Wildman–Crippen LogP) is 2.31. The van der Waals surface area contributed by atoms with E-state index in [1.54, 1.807) is 0 Å².